The molecule has 1 aliphatic carbocycles. The first-order valence-electron chi connectivity index (χ1n) is 8.01. The summed E-state index contributed by atoms with van der Waals surface area (Å²) in [7, 11) is 1.94. The van der Waals surface area contributed by atoms with Gasteiger partial charge in [0.2, 0.25) is 0 Å². The van der Waals surface area contributed by atoms with Crippen LogP contribution in [0.25, 0.3) is 0 Å². The third-order valence-electron chi connectivity index (χ3n) is 4.87. The lowest BCUT2D eigenvalue weighted by atomic mass is 9.64. The number of aromatic nitrogens is 3. The fourth-order valence-corrected chi connectivity index (χ4v) is 3.88. The molecule has 1 aromatic heterocycles. The van der Waals surface area contributed by atoms with E-state index in [0.29, 0.717) is 6.04 Å². The van der Waals surface area contributed by atoms with E-state index < -0.39 is 0 Å². The molecule has 0 bridgehead atoms. The second-order valence-corrected chi connectivity index (χ2v) is 7.24. The lowest BCUT2D eigenvalue weighted by Gasteiger charge is -2.44. The van der Waals surface area contributed by atoms with Crippen LogP contribution in [-0.2, 0) is 13.5 Å². The quantitative estimate of drug-likeness (QED) is 0.900. The predicted octanol–water partition coefficient (Wildman–Crippen LogP) is 2.80. The summed E-state index contributed by atoms with van der Waals surface area (Å²) in [5.41, 5.74) is 1.38. The molecule has 20 heavy (non-hydrogen) atoms. The van der Waals surface area contributed by atoms with Crippen LogP contribution in [0.5, 0.6) is 0 Å². The van der Waals surface area contributed by atoms with E-state index in [0.717, 1.165) is 30.5 Å². The Balaban J connectivity index is 2.09. The van der Waals surface area contributed by atoms with Crippen molar-refractivity contribution in [2.24, 2.45) is 24.3 Å². The van der Waals surface area contributed by atoms with E-state index in [9.17, 15) is 0 Å². The molecule has 0 spiro atoms. The molecule has 1 aliphatic rings. The van der Waals surface area contributed by atoms with E-state index in [-0.39, 0.29) is 5.41 Å². The number of rotatable bonds is 5. The van der Waals surface area contributed by atoms with Crippen molar-refractivity contribution < 1.29 is 0 Å². The van der Waals surface area contributed by atoms with Gasteiger partial charge in [0.05, 0.1) is 5.69 Å². The van der Waals surface area contributed by atoms with Gasteiger partial charge in [0.15, 0.2) is 0 Å². The maximum Gasteiger partial charge on any atom is 0.0832 e. The minimum atomic E-state index is 0.267. The summed E-state index contributed by atoms with van der Waals surface area (Å²) in [6.45, 7) is 10.5. The molecule has 3 atom stereocenters. The van der Waals surface area contributed by atoms with Crippen LogP contribution in [0, 0.1) is 17.3 Å². The topological polar surface area (TPSA) is 42.7 Å². The number of nitrogens with zero attached hydrogens (tertiary/aromatic N) is 3. The number of nitrogens with one attached hydrogen (secondary N) is 1. The number of hydrogen-bond donors (Lipinski definition) is 1. The monoisotopic (exact) mass is 278 g/mol. The molecule has 1 heterocycles. The molecule has 1 fully saturated rings. The van der Waals surface area contributed by atoms with Gasteiger partial charge in [-0.3, -0.25) is 4.68 Å². The van der Waals surface area contributed by atoms with Crippen LogP contribution in [0.15, 0.2) is 6.20 Å². The van der Waals surface area contributed by atoms with Gasteiger partial charge in [-0.1, -0.05) is 39.3 Å². The van der Waals surface area contributed by atoms with Gasteiger partial charge in [-0.05, 0) is 43.1 Å². The Morgan fingerprint density at radius 2 is 2.15 bits per heavy atom. The van der Waals surface area contributed by atoms with Gasteiger partial charge in [0, 0.05) is 19.3 Å². The van der Waals surface area contributed by atoms with Crippen LogP contribution in [0.1, 0.15) is 52.7 Å². The van der Waals surface area contributed by atoms with Gasteiger partial charge >= 0.3 is 0 Å². The van der Waals surface area contributed by atoms with Crippen molar-refractivity contribution in [1.82, 2.24) is 20.3 Å². The SMILES string of the molecule is CCNC1CC(C)CCC1C(C)(C)Cc1cn(C)nn1. The highest BCUT2D eigenvalue weighted by atomic mass is 15.4. The Morgan fingerprint density at radius 1 is 1.40 bits per heavy atom. The summed E-state index contributed by atoms with van der Waals surface area (Å²) in [5.74, 6) is 1.57. The maximum absolute atomic E-state index is 4.27. The Bertz CT molecular complexity index is 424. The van der Waals surface area contributed by atoms with Crippen LogP contribution in [-0.4, -0.2) is 27.6 Å². The Labute approximate surface area is 123 Å². The first-order chi connectivity index (χ1) is 9.42. The summed E-state index contributed by atoms with van der Waals surface area (Å²) in [5, 5.41) is 12.1. The summed E-state index contributed by atoms with van der Waals surface area (Å²) in [6, 6.07) is 0.649. The molecular formula is C16H30N4. The van der Waals surface area contributed by atoms with Crippen LogP contribution in [0.4, 0.5) is 0 Å². The molecule has 3 unspecified atom stereocenters. The van der Waals surface area contributed by atoms with Gasteiger partial charge < -0.3 is 5.32 Å². The lowest BCUT2D eigenvalue weighted by molar-refractivity contribution is 0.0941. The molecule has 1 N–H and O–H groups in total. The van der Waals surface area contributed by atoms with Crippen molar-refractivity contribution in [2.75, 3.05) is 6.54 Å². The largest absolute Gasteiger partial charge is 0.314 e. The Hall–Kier alpha value is -0.900. The molecule has 1 saturated carbocycles. The van der Waals surface area contributed by atoms with E-state index in [1.54, 1.807) is 4.68 Å². The number of aryl methyl sites for hydroxylation is 1. The first kappa shape index (κ1) is 15.5. The standard InChI is InChI=1S/C16H30N4/c1-6-17-15-9-12(2)7-8-14(15)16(3,4)10-13-11-20(5)19-18-13/h11-12,14-15,17H,6-10H2,1-5H3. The normalized spacial score (nSPS) is 27.8. The third kappa shape index (κ3) is 3.60. The van der Waals surface area contributed by atoms with Gasteiger partial charge in [-0.2, -0.15) is 0 Å². The van der Waals surface area contributed by atoms with E-state index in [1.165, 1.54) is 19.3 Å². The minimum Gasteiger partial charge on any atom is -0.314 e. The van der Waals surface area contributed by atoms with Gasteiger partial charge in [-0.25, -0.2) is 0 Å². The molecule has 4 nitrogen and oxygen atoms in total. The zero-order valence-electron chi connectivity index (χ0n) is 13.7. The summed E-state index contributed by atoms with van der Waals surface area (Å²) in [4.78, 5) is 0. The highest BCUT2D eigenvalue weighted by Crippen LogP contribution is 2.42. The molecule has 2 rings (SSSR count). The van der Waals surface area contributed by atoms with E-state index >= 15 is 0 Å². The molecule has 0 radical (unpaired) electrons. The van der Waals surface area contributed by atoms with Crippen molar-refractivity contribution >= 4 is 0 Å². The van der Waals surface area contributed by atoms with Crippen molar-refractivity contribution in [3.8, 4) is 0 Å². The lowest BCUT2D eigenvalue weighted by Crippen LogP contribution is -2.47. The summed E-state index contributed by atoms with van der Waals surface area (Å²) in [6.07, 6.45) is 7.06. The fourth-order valence-electron chi connectivity index (χ4n) is 3.88. The van der Waals surface area contributed by atoms with E-state index in [1.807, 2.05) is 7.05 Å². The molecule has 0 amide bonds. The second kappa shape index (κ2) is 6.25. The highest BCUT2D eigenvalue weighted by Gasteiger charge is 2.39. The van der Waals surface area contributed by atoms with Gasteiger partial charge in [-0.15, -0.1) is 5.10 Å². The molecule has 0 aliphatic heterocycles. The molecular weight excluding hydrogens is 248 g/mol. The molecule has 0 aromatic carbocycles. The minimum absolute atomic E-state index is 0.267. The average Bonchev–Trinajstić information content (AvgIpc) is 2.74. The van der Waals surface area contributed by atoms with Crippen molar-refractivity contribution in [3.05, 3.63) is 11.9 Å². The molecule has 0 saturated heterocycles. The maximum atomic E-state index is 4.27. The molecule has 114 valence electrons. The van der Waals surface area contributed by atoms with Crippen molar-refractivity contribution in [3.63, 3.8) is 0 Å². The van der Waals surface area contributed by atoms with Crippen LogP contribution < -0.4 is 5.32 Å². The molecule has 4 heteroatoms. The van der Waals surface area contributed by atoms with Gasteiger partial charge in [0.25, 0.3) is 0 Å². The average molecular weight is 278 g/mol. The predicted molar refractivity (Wildman–Crippen MR) is 82.5 cm³/mol. The fraction of sp³-hybridized carbons (Fsp3) is 0.875. The highest BCUT2D eigenvalue weighted by molar-refractivity contribution is 5.01. The van der Waals surface area contributed by atoms with E-state index in [2.05, 4.69) is 49.5 Å². The number of hydrogen-bond acceptors (Lipinski definition) is 3. The van der Waals surface area contributed by atoms with E-state index in [4.69, 9.17) is 0 Å². The summed E-state index contributed by atoms with van der Waals surface area (Å²) < 4.78 is 1.80. The zero-order valence-corrected chi connectivity index (χ0v) is 13.7. The van der Waals surface area contributed by atoms with Crippen LogP contribution in [0.2, 0.25) is 0 Å². The Morgan fingerprint density at radius 3 is 2.75 bits per heavy atom. The Kier molecular flexibility index (Phi) is 4.84. The van der Waals surface area contributed by atoms with Crippen LogP contribution in [0.3, 0.4) is 0 Å². The van der Waals surface area contributed by atoms with Gasteiger partial charge in [0.1, 0.15) is 0 Å². The van der Waals surface area contributed by atoms with Crippen molar-refractivity contribution in [2.45, 2.75) is 59.4 Å². The smallest absolute Gasteiger partial charge is 0.0832 e. The zero-order chi connectivity index (χ0) is 14.8. The first-order valence-corrected chi connectivity index (χ1v) is 8.01. The second-order valence-electron chi connectivity index (χ2n) is 7.24. The van der Waals surface area contributed by atoms with Crippen molar-refractivity contribution in [1.29, 1.82) is 0 Å². The van der Waals surface area contributed by atoms with Crippen LogP contribution >= 0.6 is 0 Å². The molecule has 1 aromatic rings. The third-order valence-corrected chi connectivity index (χ3v) is 4.87. The summed E-state index contributed by atoms with van der Waals surface area (Å²) >= 11 is 0.